The van der Waals surface area contributed by atoms with Crippen molar-refractivity contribution in [3.05, 3.63) is 23.8 Å². The predicted molar refractivity (Wildman–Crippen MR) is 107 cm³/mol. The van der Waals surface area contributed by atoms with Crippen molar-refractivity contribution >= 4 is 23.4 Å². The van der Waals surface area contributed by atoms with Crippen molar-refractivity contribution < 1.29 is 19.1 Å². The summed E-state index contributed by atoms with van der Waals surface area (Å²) in [5.41, 5.74) is 1.63. The Morgan fingerprint density at radius 2 is 1.75 bits per heavy atom. The molecule has 1 aliphatic carbocycles. The molecule has 1 N–H and O–H groups in total. The summed E-state index contributed by atoms with van der Waals surface area (Å²) in [5.74, 6) is -0.203. The lowest BCUT2D eigenvalue weighted by Crippen LogP contribution is -2.34. The number of ether oxygens (including phenoxy) is 1. The highest BCUT2D eigenvalue weighted by atomic mass is 16.5. The number of likely N-dealkylation sites (tertiary alicyclic amines) is 1. The van der Waals surface area contributed by atoms with Gasteiger partial charge in [-0.05, 0) is 36.0 Å². The largest absolute Gasteiger partial charge is 0.495 e. The molecule has 3 amide bonds. The number of carbonyl (C=O) groups excluding carboxylic acids is 3. The lowest BCUT2D eigenvalue weighted by molar-refractivity contribution is -0.140. The second-order valence-corrected chi connectivity index (χ2v) is 8.79. The summed E-state index contributed by atoms with van der Waals surface area (Å²) in [6.45, 7) is 6.44. The first-order chi connectivity index (χ1) is 13.2. The maximum atomic E-state index is 12.5. The fourth-order valence-electron chi connectivity index (χ4n) is 4.15. The monoisotopic (exact) mass is 386 g/mol. The van der Waals surface area contributed by atoms with Gasteiger partial charge in [0.1, 0.15) is 5.75 Å². The van der Waals surface area contributed by atoms with E-state index in [0.717, 1.165) is 31.2 Å². The molecule has 1 aromatic carbocycles. The van der Waals surface area contributed by atoms with Crippen LogP contribution in [0.5, 0.6) is 5.75 Å². The zero-order valence-corrected chi connectivity index (χ0v) is 17.2. The van der Waals surface area contributed by atoms with Crippen molar-refractivity contribution in [3.8, 4) is 5.75 Å². The molecule has 1 heterocycles. The van der Waals surface area contributed by atoms with Crippen LogP contribution < -0.4 is 10.1 Å². The number of amides is 3. The minimum Gasteiger partial charge on any atom is -0.495 e. The normalized spacial score (nSPS) is 22.2. The van der Waals surface area contributed by atoms with Gasteiger partial charge in [-0.25, -0.2) is 0 Å². The van der Waals surface area contributed by atoms with Gasteiger partial charge < -0.3 is 10.1 Å². The summed E-state index contributed by atoms with van der Waals surface area (Å²) in [6, 6.07) is 5.74. The summed E-state index contributed by atoms with van der Waals surface area (Å²) in [5, 5.41) is 2.88. The van der Waals surface area contributed by atoms with Crippen LogP contribution >= 0.6 is 0 Å². The van der Waals surface area contributed by atoms with Gasteiger partial charge in [0.15, 0.2) is 0 Å². The second kappa shape index (κ2) is 7.94. The molecule has 1 saturated carbocycles. The fraction of sp³-hybridized carbons (Fsp3) is 0.591. The molecule has 0 aromatic heterocycles. The number of carbonyl (C=O) groups is 3. The van der Waals surface area contributed by atoms with Crippen molar-refractivity contribution in [3.63, 3.8) is 0 Å². The third kappa shape index (κ3) is 4.05. The summed E-state index contributed by atoms with van der Waals surface area (Å²) < 4.78 is 5.36. The lowest BCUT2D eigenvalue weighted by atomic mass is 9.81. The minimum absolute atomic E-state index is 0.0591. The summed E-state index contributed by atoms with van der Waals surface area (Å²) in [4.78, 5) is 38.9. The predicted octanol–water partition coefficient (Wildman–Crippen LogP) is 3.50. The zero-order valence-electron chi connectivity index (χ0n) is 17.2. The number of nitrogens with one attached hydrogen (secondary N) is 1. The highest BCUT2D eigenvalue weighted by Crippen LogP contribution is 2.38. The number of rotatable bonds is 5. The standard InChI is InChI=1S/C22H30N2O4/c1-22(2,3)14-9-10-18(28-4)17(13-14)23-19(25)11-12-24-20(26)15-7-5-6-8-16(15)21(24)27/h9-10,13,15-16H,5-8,11-12H2,1-4H3,(H,23,25)/t15-,16+. The van der Waals surface area contributed by atoms with Gasteiger partial charge in [-0.1, -0.05) is 39.7 Å². The van der Waals surface area contributed by atoms with Gasteiger partial charge >= 0.3 is 0 Å². The zero-order chi connectivity index (χ0) is 20.5. The third-order valence-corrected chi connectivity index (χ3v) is 5.83. The maximum absolute atomic E-state index is 12.5. The molecule has 1 saturated heterocycles. The Morgan fingerprint density at radius 1 is 1.14 bits per heavy atom. The second-order valence-electron chi connectivity index (χ2n) is 8.79. The summed E-state index contributed by atoms with van der Waals surface area (Å²) in [7, 11) is 1.56. The third-order valence-electron chi connectivity index (χ3n) is 5.83. The molecule has 6 nitrogen and oxygen atoms in total. The average molecular weight is 386 g/mol. The van der Waals surface area contributed by atoms with Gasteiger partial charge in [0.2, 0.25) is 17.7 Å². The molecule has 152 valence electrons. The van der Waals surface area contributed by atoms with E-state index in [0.29, 0.717) is 11.4 Å². The Balaban J connectivity index is 1.65. The molecule has 28 heavy (non-hydrogen) atoms. The first-order valence-electron chi connectivity index (χ1n) is 10.1. The van der Waals surface area contributed by atoms with Crippen LogP contribution in [0, 0.1) is 11.8 Å². The van der Waals surface area contributed by atoms with E-state index >= 15 is 0 Å². The van der Waals surface area contributed by atoms with Crippen LogP contribution in [0.3, 0.4) is 0 Å². The van der Waals surface area contributed by atoms with E-state index in [4.69, 9.17) is 4.74 Å². The Morgan fingerprint density at radius 3 is 2.29 bits per heavy atom. The molecule has 0 radical (unpaired) electrons. The number of hydrogen-bond acceptors (Lipinski definition) is 4. The van der Waals surface area contributed by atoms with Crippen LogP contribution in [0.4, 0.5) is 5.69 Å². The number of anilines is 1. The van der Waals surface area contributed by atoms with Gasteiger partial charge in [-0.15, -0.1) is 0 Å². The van der Waals surface area contributed by atoms with Crippen molar-refractivity contribution in [2.75, 3.05) is 19.0 Å². The molecule has 3 rings (SSSR count). The van der Waals surface area contributed by atoms with E-state index in [-0.39, 0.29) is 47.9 Å². The number of nitrogens with zero attached hydrogens (tertiary/aromatic N) is 1. The first-order valence-corrected chi connectivity index (χ1v) is 10.1. The van der Waals surface area contributed by atoms with Gasteiger partial charge in [0, 0.05) is 13.0 Å². The SMILES string of the molecule is COc1ccc(C(C)(C)C)cc1NC(=O)CCN1C(=O)[C@H]2CCCC[C@H]2C1=O. The van der Waals surface area contributed by atoms with Crippen molar-refractivity contribution in [2.24, 2.45) is 11.8 Å². The van der Waals surface area contributed by atoms with E-state index in [1.54, 1.807) is 7.11 Å². The van der Waals surface area contributed by atoms with E-state index in [1.165, 1.54) is 4.90 Å². The van der Waals surface area contributed by atoms with Crippen LogP contribution in [-0.4, -0.2) is 36.3 Å². The summed E-state index contributed by atoms with van der Waals surface area (Å²) in [6.07, 6.45) is 3.65. The number of benzene rings is 1. The topological polar surface area (TPSA) is 75.7 Å². The number of hydrogen-bond donors (Lipinski definition) is 1. The Bertz CT molecular complexity index is 757. The quantitative estimate of drug-likeness (QED) is 0.786. The van der Waals surface area contributed by atoms with Crippen LogP contribution in [0.15, 0.2) is 18.2 Å². The van der Waals surface area contributed by atoms with Crippen molar-refractivity contribution in [1.82, 2.24) is 4.90 Å². The first kappa shape index (κ1) is 20.4. The van der Waals surface area contributed by atoms with Crippen LogP contribution in [0.2, 0.25) is 0 Å². The maximum Gasteiger partial charge on any atom is 0.233 e. The summed E-state index contributed by atoms with van der Waals surface area (Å²) >= 11 is 0. The van der Waals surface area contributed by atoms with E-state index < -0.39 is 0 Å². The molecule has 2 fully saturated rings. The molecule has 2 atom stereocenters. The van der Waals surface area contributed by atoms with Crippen LogP contribution in [0.1, 0.15) is 58.4 Å². The highest BCUT2D eigenvalue weighted by molar-refractivity contribution is 6.05. The number of fused-ring (bicyclic) bond motifs is 1. The Hall–Kier alpha value is -2.37. The smallest absolute Gasteiger partial charge is 0.233 e. The lowest BCUT2D eigenvalue weighted by Gasteiger charge is -2.21. The Kier molecular flexibility index (Phi) is 5.77. The molecule has 0 bridgehead atoms. The van der Waals surface area contributed by atoms with E-state index in [9.17, 15) is 14.4 Å². The van der Waals surface area contributed by atoms with E-state index in [2.05, 4.69) is 26.1 Å². The number of imide groups is 1. The Labute approximate surface area is 166 Å². The number of methoxy groups -OCH3 is 1. The molecular weight excluding hydrogens is 356 g/mol. The highest BCUT2D eigenvalue weighted by Gasteiger charge is 2.47. The molecule has 6 heteroatoms. The van der Waals surface area contributed by atoms with Crippen LogP contribution in [0.25, 0.3) is 0 Å². The van der Waals surface area contributed by atoms with Crippen molar-refractivity contribution in [2.45, 2.75) is 58.3 Å². The molecule has 1 aromatic rings. The van der Waals surface area contributed by atoms with Gasteiger partial charge in [0.05, 0.1) is 24.6 Å². The molecule has 0 spiro atoms. The van der Waals surface area contributed by atoms with E-state index in [1.807, 2.05) is 18.2 Å². The van der Waals surface area contributed by atoms with Gasteiger partial charge in [-0.3, -0.25) is 19.3 Å². The minimum atomic E-state index is -0.236. The average Bonchev–Trinajstić information content (AvgIpc) is 2.90. The van der Waals surface area contributed by atoms with Crippen molar-refractivity contribution in [1.29, 1.82) is 0 Å². The molecular formula is C22H30N2O4. The molecule has 0 unspecified atom stereocenters. The fourth-order valence-corrected chi connectivity index (χ4v) is 4.15. The van der Waals surface area contributed by atoms with Gasteiger partial charge in [-0.2, -0.15) is 0 Å². The van der Waals surface area contributed by atoms with Crippen LogP contribution in [-0.2, 0) is 19.8 Å². The van der Waals surface area contributed by atoms with Gasteiger partial charge in [0.25, 0.3) is 0 Å². The molecule has 2 aliphatic rings. The molecule has 1 aliphatic heterocycles.